The molecule has 2 aromatic carbocycles. The molecule has 0 spiro atoms. The zero-order chi connectivity index (χ0) is 15.4. The number of rotatable bonds is 2. The summed E-state index contributed by atoms with van der Waals surface area (Å²) < 4.78 is 0. The molecule has 4 heteroatoms. The number of hydrogen-bond donors (Lipinski definition) is 3. The molecule has 106 valence electrons. The number of benzene rings is 2. The standard InChI is InChI=1S/C9H10O.C6H6O2.CH2O/c1-2-5-8-6-3-4-7-9(8)10;7-5-2-1-3-6(8)4-5;1-2/h2-4,6-7,10H,1,5H2;1-4,7-8H;1H2. The lowest BCUT2D eigenvalue weighted by Crippen LogP contribution is -1.79. The largest absolute Gasteiger partial charge is 0.508 e. The van der Waals surface area contributed by atoms with E-state index in [0.717, 1.165) is 12.0 Å². The quantitative estimate of drug-likeness (QED) is 0.735. The van der Waals surface area contributed by atoms with Crippen molar-refractivity contribution in [1.82, 2.24) is 0 Å². The Balaban J connectivity index is 0.000000327. The summed E-state index contributed by atoms with van der Waals surface area (Å²) in [6.07, 6.45) is 2.50. The molecule has 0 amide bonds. The van der Waals surface area contributed by atoms with Crippen LogP contribution in [0.15, 0.2) is 61.2 Å². The lowest BCUT2D eigenvalue weighted by molar-refractivity contribution is -0.0979. The van der Waals surface area contributed by atoms with Gasteiger partial charge in [0.25, 0.3) is 0 Å². The van der Waals surface area contributed by atoms with Crippen molar-refractivity contribution in [3.8, 4) is 17.2 Å². The molecular formula is C16H18O4. The minimum Gasteiger partial charge on any atom is -0.508 e. The third-order valence-corrected chi connectivity index (χ3v) is 2.19. The second-order valence-electron chi connectivity index (χ2n) is 3.64. The second-order valence-corrected chi connectivity index (χ2v) is 3.64. The van der Waals surface area contributed by atoms with E-state index in [1.54, 1.807) is 18.2 Å². The molecule has 0 aromatic heterocycles. The molecule has 2 rings (SSSR count). The second kappa shape index (κ2) is 10.2. The highest BCUT2D eigenvalue weighted by Gasteiger charge is 1.93. The predicted octanol–water partition coefficient (Wildman–Crippen LogP) is 3.03. The highest BCUT2D eigenvalue weighted by Crippen LogP contribution is 2.16. The summed E-state index contributed by atoms with van der Waals surface area (Å²) in [7, 11) is 0. The Labute approximate surface area is 118 Å². The minimum absolute atomic E-state index is 0.0880. The lowest BCUT2D eigenvalue weighted by Gasteiger charge is -1.97. The summed E-state index contributed by atoms with van der Waals surface area (Å²) in [6, 6.07) is 13.1. The molecule has 0 heterocycles. The van der Waals surface area contributed by atoms with E-state index in [9.17, 15) is 5.11 Å². The molecule has 0 fully saturated rings. The van der Waals surface area contributed by atoms with Gasteiger partial charge in [0, 0.05) is 6.07 Å². The average molecular weight is 274 g/mol. The van der Waals surface area contributed by atoms with E-state index in [0.29, 0.717) is 5.75 Å². The van der Waals surface area contributed by atoms with Crippen LogP contribution in [0.25, 0.3) is 0 Å². The fourth-order valence-electron chi connectivity index (χ4n) is 1.33. The zero-order valence-electron chi connectivity index (χ0n) is 11.1. The summed E-state index contributed by atoms with van der Waals surface area (Å²) in [5.41, 5.74) is 0.928. The molecule has 2 aromatic rings. The van der Waals surface area contributed by atoms with Gasteiger partial charge >= 0.3 is 0 Å². The third kappa shape index (κ3) is 6.86. The van der Waals surface area contributed by atoms with Crippen LogP contribution in [0.4, 0.5) is 0 Å². The molecule has 0 saturated carbocycles. The van der Waals surface area contributed by atoms with Crippen molar-refractivity contribution in [2.75, 3.05) is 0 Å². The van der Waals surface area contributed by atoms with Crippen LogP contribution in [0.1, 0.15) is 5.56 Å². The van der Waals surface area contributed by atoms with Crippen molar-refractivity contribution in [3.63, 3.8) is 0 Å². The smallest absolute Gasteiger partial charge is 0.119 e. The fraction of sp³-hybridized carbons (Fsp3) is 0.0625. The van der Waals surface area contributed by atoms with Crippen LogP contribution in [0.5, 0.6) is 17.2 Å². The molecule has 20 heavy (non-hydrogen) atoms. The Bertz CT molecular complexity index is 506. The number of phenols is 3. The predicted molar refractivity (Wildman–Crippen MR) is 78.9 cm³/mol. The molecule has 0 aliphatic carbocycles. The van der Waals surface area contributed by atoms with E-state index in [-0.39, 0.29) is 11.5 Å². The first-order valence-electron chi connectivity index (χ1n) is 5.78. The van der Waals surface area contributed by atoms with Crippen LogP contribution in [0, 0.1) is 0 Å². The van der Waals surface area contributed by atoms with Crippen LogP contribution >= 0.6 is 0 Å². The number of carbonyl (C=O) groups is 1. The number of carbonyl (C=O) groups excluding carboxylic acids is 1. The van der Waals surface area contributed by atoms with Gasteiger partial charge in [0.1, 0.15) is 24.0 Å². The van der Waals surface area contributed by atoms with Gasteiger partial charge in [-0.15, -0.1) is 6.58 Å². The third-order valence-electron chi connectivity index (χ3n) is 2.19. The van der Waals surface area contributed by atoms with Gasteiger partial charge in [-0.2, -0.15) is 0 Å². The molecule has 0 atom stereocenters. The Morgan fingerprint density at radius 3 is 1.85 bits per heavy atom. The highest BCUT2D eigenvalue weighted by atomic mass is 16.3. The summed E-state index contributed by atoms with van der Waals surface area (Å²) in [4.78, 5) is 8.00. The van der Waals surface area contributed by atoms with E-state index in [1.807, 2.05) is 25.0 Å². The normalized spacial score (nSPS) is 8.40. The Morgan fingerprint density at radius 2 is 1.45 bits per heavy atom. The number of phenolic OH excluding ortho intramolecular Hbond substituents is 3. The molecule has 4 nitrogen and oxygen atoms in total. The maximum Gasteiger partial charge on any atom is 0.119 e. The maximum absolute atomic E-state index is 9.19. The van der Waals surface area contributed by atoms with Crippen molar-refractivity contribution in [2.24, 2.45) is 0 Å². The van der Waals surface area contributed by atoms with Gasteiger partial charge < -0.3 is 20.1 Å². The van der Waals surface area contributed by atoms with E-state index in [2.05, 4.69) is 6.58 Å². The molecular weight excluding hydrogens is 256 g/mol. The Morgan fingerprint density at radius 1 is 0.900 bits per heavy atom. The molecule has 0 bridgehead atoms. The Hall–Kier alpha value is -2.75. The van der Waals surface area contributed by atoms with E-state index in [1.165, 1.54) is 18.2 Å². The van der Waals surface area contributed by atoms with Crippen LogP contribution in [-0.4, -0.2) is 22.1 Å². The van der Waals surface area contributed by atoms with E-state index < -0.39 is 0 Å². The van der Waals surface area contributed by atoms with Crippen molar-refractivity contribution in [3.05, 3.63) is 66.7 Å². The topological polar surface area (TPSA) is 77.8 Å². The summed E-state index contributed by atoms with van der Waals surface area (Å²) in [5.74, 6) is 0.525. The minimum atomic E-state index is 0.0880. The number of para-hydroxylation sites is 1. The van der Waals surface area contributed by atoms with Crippen LogP contribution in [-0.2, 0) is 11.2 Å². The van der Waals surface area contributed by atoms with Crippen molar-refractivity contribution >= 4 is 6.79 Å². The van der Waals surface area contributed by atoms with Crippen LogP contribution in [0.3, 0.4) is 0 Å². The molecule has 0 saturated heterocycles. The first-order chi connectivity index (χ1) is 9.63. The number of allylic oxidation sites excluding steroid dienone is 1. The lowest BCUT2D eigenvalue weighted by atomic mass is 10.1. The molecule has 0 aliphatic heterocycles. The van der Waals surface area contributed by atoms with Crippen molar-refractivity contribution < 1.29 is 20.1 Å². The van der Waals surface area contributed by atoms with Crippen LogP contribution in [0.2, 0.25) is 0 Å². The van der Waals surface area contributed by atoms with Gasteiger partial charge in [-0.05, 0) is 30.2 Å². The summed E-state index contributed by atoms with van der Waals surface area (Å²) >= 11 is 0. The van der Waals surface area contributed by atoms with Gasteiger partial charge in [0.05, 0.1) is 0 Å². The summed E-state index contributed by atoms with van der Waals surface area (Å²) in [5, 5.41) is 26.5. The molecule has 0 aliphatic rings. The van der Waals surface area contributed by atoms with Gasteiger partial charge in [-0.3, -0.25) is 0 Å². The molecule has 3 N–H and O–H groups in total. The first-order valence-corrected chi connectivity index (χ1v) is 5.78. The molecule has 0 radical (unpaired) electrons. The van der Waals surface area contributed by atoms with Crippen molar-refractivity contribution in [1.29, 1.82) is 0 Å². The first kappa shape index (κ1) is 17.2. The maximum atomic E-state index is 9.19. The highest BCUT2D eigenvalue weighted by molar-refractivity contribution is 5.33. The van der Waals surface area contributed by atoms with Gasteiger partial charge in [-0.25, -0.2) is 0 Å². The average Bonchev–Trinajstić information content (AvgIpc) is 2.44. The zero-order valence-corrected chi connectivity index (χ0v) is 11.1. The SMILES string of the molecule is C=CCc1ccccc1O.C=O.Oc1cccc(O)c1. The van der Waals surface area contributed by atoms with E-state index >= 15 is 0 Å². The van der Waals surface area contributed by atoms with Gasteiger partial charge in [0.15, 0.2) is 0 Å². The Kier molecular flexibility index (Phi) is 8.80. The van der Waals surface area contributed by atoms with E-state index in [4.69, 9.17) is 15.0 Å². The number of hydrogen-bond acceptors (Lipinski definition) is 4. The molecule has 0 unspecified atom stereocenters. The monoisotopic (exact) mass is 274 g/mol. The van der Waals surface area contributed by atoms with Crippen molar-refractivity contribution in [2.45, 2.75) is 6.42 Å². The van der Waals surface area contributed by atoms with Gasteiger partial charge in [0.2, 0.25) is 0 Å². The van der Waals surface area contributed by atoms with Gasteiger partial charge in [-0.1, -0.05) is 30.3 Å². The number of aromatic hydroxyl groups is 3. The summed E-state index contributed by atoms with van der Waals surface area (Å²) in [6.45, 7) is 5.59. The fourth-order valence-corrected chi connectivity index (χ4v) is 1.33. The van der Waals surface area contributed by atoms with Crippen LogP contribution < -0.4 is 0 Å².